The van der Waals surface area contributed by atoms with Gasteiger partial charge in [0, 0.05) is 25.2 Å². The maximum absolute atomic E-state index is 3.57. The highest BCUT2D eigenvalue weighted by Crippen LogP contribution is 2.30. The molecule has 1 N–H and O–H groups in total. The minimum atomic E-state index is 0.677. The smallest absolute Gasteiger partial charge is 0.0192 e. The second kappa shape index (κ2) is 6.49. The molecule has 2 heteroatoms. The van der Waals surface area contributed by atoms with Crippen LogP contribution >= 0.6 is 0 Å². The lowest BCUT2D eigenvalue weighted by atomic mass is 10.1. The van der Waals surface area contributed by atoms with E-state index in [9.17, 15) is 0 Å². The zero-order valence-electron chi connectivity index (χ0n) is 10.9. The molecule has 1 aliphatic rings. The molecule has 90 valence electrons. The highest BCUT2D eigenvalue weighted by Gasteiger charge is 2.26. The summed E-state index contributed by atoms with van der Waals surface area (Å²) in [4.78, 5) is 2.65. The van der Waals surface area contributed by atoms with E-state index in [-0.39, 0.29) is 0 Å². The minimum Gasteiger partial charge on any atom is -0.313 e. The van der Waals surface area contributed by atoms with Crippen LogP contribution in [0.2, 0.25) is 0 Å². The van der Waals surface area contributed by atoms with Gasteiger partial charge in [0.05, 0.1) is 0 Å². The van der Waals surface area contributed by atoms with Crippen LogP contribution in [0.4, 0.5) is 0 Å². The fourth-order valence-electron chi connectivity index (χ4n) is 2.04. The Bertz CT molecular complexity index is 164. The van der Waals surface area contributed by atoms with Gasteiger partial charge >= 0.3 is 0 Å². The van der Waals surface area contributed by atoms with Crippen molar-refractivity contribution in [3.05, 3.63) is 0 Å². The molecule has 0 aliphatic heterocycles. The van der Waals surface area contributed by atoms with Crippen molar-refractivity contribution in [3.63, 3.8) is 0 Å². The van der Waals surface area contributed by atoms with Crippen molar-refractivity contribution in [2.45, 2.75) is 59.0 Å². The van der Waals surface area contributed by atoms with Crippen LogP contribution in [-0.4, -0.2) is 36.6 Å². The maximum Gasteiger partial charge on any atom is 0.0192 e. The third-order valence-electron chi connectivity index (χ3n) is 3.36. The molecule has 0 aromatic carbocycles. The normalized spacial score (nSPS) is 18.8. The van der Waals surface area contributed by atoms with Gasteiger partial charge in [-0.1, -0.05) is 13.8 Å². The average Bonchev–Trinajstić information content (AvgIpc) is 2.99. The molecule has 1 aliphatic carbocycles. The Morgan fingerprint density at radius 3 is 2.33 bits per heavy atom. The second-order valence-electron chi connectivity index (χ2n) is 5.15. The van der Waals surface area contributed by atoms with Gasteiger partial charge in [-0.3, -0.25) is 4.90 Å². The van der Waals surface area contributed by atoms with Crippen LogP contribution in [0.5, 0.6) is 0 Å². The first-order valence-corrected chi connectivity index (χ1v) is 6.64. The summed E-state index contributed by atoms with van der Waals surface area (Å²) in [6.07, 6.45) is 4.16. The standard InChI is InChI=1S/C13H28N2/c1-5-13(14-6-2)10-15(11(3)4)9-12-7-8-12/h11-14H,5-10H2,1-4H3. The van der Waals surface area contributed by atoms with Crippen molar-refractivity contribution in [2.24, 2.45) is 5.92 Å². The molecule has 0 radical (unpaired) electrons. The average molecular weight is 212 g/mol. The maximum atomic E-state index is 3.57. The number of nitrogens with one attached hydrogen (secondary N) is 1. The van der Waals surface area contributed by atoms with E-state index >= 15 is 0 Å². The van der Waals surface area contributed by atoms with Crippen LogP contribution in [0, 0.1) is 5.92 Å². The molecule has 0 aromatic rings. The Kier molecular flexibility index (Phi) is 5.62. The van der Waals surface area contributed by atoms with Crippen molar-refractivity contribution < 1.29 is 0 Å². The topological polar surface area (TPSA) is 15.3 Å². The third-order valence-corrected chi connectivity index (χ3v) is 3.36. The molecule has 15 heavy (non-hydrogen) atoms. The summed E-state index contributed by atoms with van der Waals surface area (Å²) in [6, 6.07) is 1.37. The number of nitrogens with zero attached hydrogens (tertiary/aromatic N) is 1. The molecule has 1 saturated carbocycles. The van der Waals surface area contributed by atoms with Gasteiger partial charge in [0.2, 0.25) is 0 Å². The van der Waals surface area contributed by atoms with Crippen LogP contribution in [-0.2, 0) is 0 Å². The summed E-state index contributed by atoms with van der Waals surface area (Å²) in [5.41, 5.74) is 0. The van der Waals surface area contributed by atoms with Crippen LogP contribution in [0.3, 0.4) is 0 Å². The van der Waals surface area contributed by atoms with Gasteiger partial charge in [0.15, 0.2) is 0 Å². The van der Waals surface area contributed by atoms with E-state index < -0.39 is 0 Å². The van der Waals surface area contributed by atoms with Crippen LogP contribution in [0.15, 0.2) is 0 Å². The van der Waals surface area contributed by atoms with Gasteiger partial charge < -0.3 is 5.32 Å². The second-order valence-corrected chi connectivity index (χ2v) is 5.15. The van der Waals surface area contributed by atoms with E-state index in [1.807, 2.05) is 0 Å². The van der Waals surface area contributed by atoms with E-state index in [1.165, 1.54) is 32.4 Å². The summed E-state index contributed by atoms with van der Waals surface area (Å²) < 4.78 is 0. The van der Waals surface area contributed by atoms with Gasteiger partial charge in [0.25, 0.3) is 0 Å². The van der Waals surface area contributed by atoms with Gasteiger partial charge in [-0.15, -0.1) is 0 Å². The van der Waals surface area contributed by atoms with E-state index in [0.717, 1.165) is 12.5 Å². The zero-order valence-corrected chi connectivity index (χ0v) is 10.9. The van der Waals surface area contributed by atoms with Crippen molar-refractivity contribution in [2.75, 3.05) is 19.6 Å². The third kappa shape index (κ3) is 4.98. The highest BCUT2D eigenvalue weighted by atomic mass is 15.2. The number of rotatable bonds is 8. The molecular formula is C13H28N2. The van der Waals surface area contributed by atoms with Crippen molar-refractivity contribution in [1.82, 2.24) is 10.2 Å². The highest BCUT2D eigenvalue weighted by molar-refractivity contribution is 4.81. The summed E-state index contributed by atoms with van der Waals surface area (Å²) >= 11 is 0. The van der Waals surface area contributed by atoms with E-state index in [4.69, 9.17) is 0 Å². The van der Waals surface area contributed by atoms with Crippen LogP contribution in [0.1, 0.15) is 47.0 Å². The quantitative estimate of drug-likeness (QED) is 0.665. The fourth-order valence-corrected chi connectivity index (χ4v) is 2.04. The van der Waals surface area contributed by atoms with Crippen molar-refractivity contribution >= 4 is 0 Å². The first kappa shape index (κ1) is 13.0. The molecular weight excluding hydrogens is 184 g/mol. The lowest BCUT2D eigenvalue weighted by Gasteiger charge is -2.30. The van der Waals surface area contributed by atoms with Gasteiger partial charge in [-0.2, -0.15) is 0 Å². The molecule has 0 aromatic heterocycles. The van der Waals surface area contributed by atoms with Crippen molar-refractivity contribution in [3.8, 4) is 0 Å². The lowest BCUT2D eigenvalue weighted by molar-refractivity contribution is 0.188. The summed E-state index contributed by atoms with van der Waals surface area (Å²) in [5, 5.41) is 3.57. The van der Waals surface area contributed by atoms with Crippen LogP contribution in [0.25, 0.3) is 0 Å². The van der Waals surface area contributed by atoms with Crippen molar-refractivity contribution in [1.29, 1.82) is 0 Å². The predicted molar refractivity (Wildman–Crippen MR) is 67.2 cm³/mol. The first-order chi connectivity index (χ1) is 7.17. The Hall–Kier alpha value is -0.0800. The molecule has 2 nitrogen and oxygen atoms in total. The SMILES string of the molecule is CCNC(CC)CN(CC1CC1)C(C)C. The number of hydrogen-bond donors (Lipinski definition) is 1. The Labute approximate surface area is 95.4 Å². The van der Waals surface area contributed by atoms with Gasteiger partial charge in [0.1, 0.15) is 0 Å². The molecule has 0 bridgehead atoms. The van der Waals surface area contributed by atoms with Gasteiger partial charge in [-0.25, -0.2) is 0 Å². The molecule has 0 saturated heterocycles. The molecule has 1 atom stereocenters. The number of hydrogen-bond acceptors (Lipinski definition) is 2. The predicted octanol–water partition coefficient (Wildman–Crippen LogP) is 2.49. The Morgan fingerprint density at radius 2 is 1.93 bits per heavy atom. The van der Waals surface area contributed by atoms with E-state index in [2.05, 4.69) is 37.9 Å². The van der Waals surface area contributed by atoms with E-state index in [1.54, 1.807) is 0 Å². The summed E-state index contributed by atoms with van der Waals surface area (Å²) in [7, 11) is 0. The van der Waals surface area contributed by atoms with Crippen LogP contribution < -0.4 is 5.32 Å². The Morgan fingerprint density at radius 1 is 1.27 bits per heavy atom. The first-order valence-electron chi connectivity index (χ1n) is 6.64. The Balaban J connectivity index is 2.33. The summed E-state index contributed by atoms with van der Waals surface area (Å²) in [6.45, 7) is 12.8. The minimum absolute atomic E-state index is 0.677. The lowest BCUT2D eigenvalue weighted by Crippen LogP contribution is -2.44. The van der Waals surface area contributed by atoms with E-state index in [0.29, 0.717) is 12.1 Å². The molecule has 0 spiro atoms. The monoisotopic (exact) mass is 212 g/mol. The number of likely N-dealkylation sites (N-methyl/N-ethyl adjacent to an activating group) is 1. The molecule has 0 amide bonds. The largest absolute Gasteiger partial charge is 0.313 e. The molecule has 0 heterocycles. The summed E-state index contributed by atoms with van der Waals surface area (Å²) in [5.74, 6) is 1.01. The zero-order chi connectivity index (χ0) is 11.3. The molecule has 1 fully saturated rings. The molecule has 1 unspecified atom stereocenters. The molecule has 1 rings (SSSR count). The van der Waals surface area contributed by atoms with Gasteiger partial charge in [-0.05, 0) is 45.6 Å². The fraction of sp³-hybridized carbons (Fsp3) is 1.00.